The van der Waals surface area contributed by atoms with Gasteiger partial charge in [0.25, 0.3) is 0 Å². The summed E-state index contributed by atoms with van der Waals surface area (Å²) in [7, 11) is 1.68. The molecule has 1 aliphatic carbocycles. The number of guanidine groups is 1. The van der Waals surface area contributed by atoms with Crippen molar-refractivity contribution in [2.45, 2.75) is 58.0 Å². The molecule has 0 bridgehead atoms. The molecule has 8 heteroatoms. The summed E-state index contributed by atoms with van der Waals surface area (Å²) < 4.78 is 26.3. The van der Waals surface area contributed by atoms with Gasteiger partial charge in [0.15, 0.2) is 5.96 Å². The summed E-state index contributed by atoms with van der Waals surface area (Å²) in [5, 5.41) is 6.26. The van der Waals surface area contributed by atoms with Gasteiger partial charge in [0.05, 0.1) is 6.54 Å². The van der Waals surface area contributed by atoms with Crippen molar-refractivity contribution in [2.24, 2.45) is 10.9 Å². The van der Waals surface area contributed by atoms with E-state index in [0.717, 1.165) is 23.5 Å². The second-order valence-corrected chi connectivity index (χ2v) is 6.03. The molecule has 1 saturated carbocycles. The van der Waals surface area contributed by atoms with Crippen LogP contribution in [0.2, 0.25) is 0 Å². The van der Waals surface area contributed by atoms with E-state index in [1.54, 1.807) is 7.05 Å². The molecule has 0 aromatic carbocycles. The van der Waals surface area contributed by atoms with Gasteiger partial charge in [0.1, 0.15) is 5.82 Å². The van der Waals surface area contributed by atoms with Gasteiger partial charge in [-0.15, -0.1) is 24.0 Å². The molecule has 138 valence electrons. The highest BCUT2D eigenvalue weighted by Gasteiger charge is 2.13. The summed E-state index contributed by atoms with van der Waals surface area (Å²) in [6.45, 7) is -1.50. The van der Waals surface area contributed by atoms with Gasteiger partial charge in [0, 0.05) is 26.0 Å². The molecule has 5 nitrogen and oxygen atoms in total. The lowest BCUT2D eigenvalue weighted by Crippen LogP contribution is -2.38. The summed E-state index contributed by atoms with van der Waals surface area (Å²) in [5.41, 5.74) is 0. The molecule has 0 radical (unpaired) electrons. The number of aromatic nitrogens is 2. The lowest BCUT2D eigenvalue weighted by atomic mass is 9.86. The third kappa shape index (κ3) is 6.90. The molecule has 24 heavy (non-hydrogen) atoms. The molecule has 0 spiro atoms. The Morgan fingerprint density at radius 3 is 2.75 bits per heavy atom. The van der Waals surface area contributed by atoms with E-state index in [1.165, 1.54) is 50.9 Å². The number of alkyl halides is 2. The molecule has 2 N–H and O–H groups in total. The van der Waals surface area contributed by atoms with Crippen molar-refractivity contribution in [1.82, 2.24) is 20.2 Å². The van der Waals surface area contributed by atoms with Gasteiger partial charge in [-0.2, -0.15) is 8.78 Å². The van der Waals surface area contributed by atoms with E-state index < -0.39 is 6.55 Å². The summed E-state index contributed by atoms with van der Waals surface area (Å²) >= 11 is 0. The first-order chi connectivity index (χ1) is 11.2. The summed E-state index contributed by atoms with van der Waals surface area (Å²) in [6, 6.07) is 0. The number of nitrogens with zero attached hydrogens (tertiary/aromatic N) is 3. The Morgan fingerprint density at radius 1 is 1.33 bits per heavy atom. The molecule has 0 saturated heterocycles. The molecule has 1 aromatic heterocycles. The van der Waals surface area contributed by atoms with Crippen molar-refractivity contribution < 1.29 is 8.78 Å². The van der Waals surface area contributed by atoms with Crippen LogP contribution in [0, 0.1) is 5.92 Å². The quantitative estimate of drug-likeness (QED) is 0.284. The topological polar surface area (TPSA) is 54.2 Å². The fourth-order valence-electron chi connectivity index (χ4n) is 3.12. The van der Waals surface area contributed by atoms with Gasteiger partial charge in [-0.05, 0) is 18.8 Å². The minimum Gasteiger partial charge on any atom is -0.356 e. The van der Waals surface area contributed by atoms with Crippen LogP contribution in [-0.4, -0.2) is 29.1 Å². The van der Waals surface area contributed by atoms with Gasteiger partial charge in [-0.25, -0.2) is 4.98 Å². The second-order valence-electron chi connectivity index (χ2n) is 6.03. The first kappa shape index (κ1) is 21.1. The highest BCUT2D eigenvalue weighted by Crippen LogP contribution is 2.26. The normalized spacial score (nSPS) is 16.1. The largest absolute Gasteiger partial charge is 0.356 e. The minimum absolute atomic E-state index is 0. The summed E-state index contributed by atoms with van der Waals surface area (Å²) in [6.07, 6.45) is 11.9. The van der Waals surface area contributed by atoms with Crippen LogP contribution in [0.15, 0.2) is 17.4 Å². The lowest BCUT2D eigenvalue weighted by molar-refractivity contribution is 0.0668. The standard InChI is InChI=1S/C16H27F2N5.HI/c1-19-16(21-9-5-8-13-6-3-2-4-7-13)22-12-14-20-10-11-23(14)15(17)18;/h10-11,13,15H,2-9,12H2,1H3,(H2,19,21,22);1H. The molecule has 0 aliphatic heterocycles. The molecule has 0 atom stereocenters. The van der Waals surface area contributed by atoms with Crippen LogP contribution in [0.4, 0.5) is 8.78 Å². The van der Waals surface area contributed by atoms with Crippen LogP contribution < -0.4 is 10.6 Å². The van der Waals surface area contributed by atoms with Gasteiger partial charge >= 0.3 is 6.55 Å². The molecule has 2 rings (SSSR count). The molecule has 1 heterocycles. The molecule has 1 aromatic rings. The van der Waals surface area contributed by atoms with Gasteiger partial charge in [-0.3, -0.25) is 9.56 Å². The van der Waals surface area contributed by atoms with Crippen molar-refractivity contribution in [2.75, 3.05) is 13.6 Å². The number of hydrogen-bond donors (Lipinski definition) is 2. The number of nitrogens with one attached hydrogen (secondary N) is 2. The summed E-state index contributed by atoms with van der Waals surface area (Å²) in [5.74, 6) is 1.79. The maximum Gasteiger partial charge on any atom is 0.319 e. The molecular formula is C16H28F2IN5. The van der Waals surface area contributed by atoms with E-state index in [2.05, 4.69) is 20.6 Å². The zero-order valence-corrected chi connectivity index (χ0v) is 16.5. The predicted octanol–water partition coefficient (Wildman–Crippen LogP) is 3.92. The van der Waals surface area contributed by atoms with Crippen LogP contribution in [0.3, 0.4) is 0 Å². The van der Waals surface area contributed by atoms with Crippen LogP contribution in [-0.2, 0) is 6.54 Å². The van der Waals surface area contributed by atoms with E-state index in [4.69, 9.17) is 0 Å². The average Bonchev–Trinajstić information content (AvgIpc) is 3.04. The third-order valence-electron chi connectivity index (χ3n) is 4.40. The highest BCUT2D eigenvalue weighted by atomic mass is 127. The SMILES string of the molecule is CN=C(NCCCC1CCCCC1)NCc1nccn1C(F)F.I. The first-order valence-corrected chi connectivity index (χ1v) is 8.45. The maximum absolute atomic E-state index is 12.7. The fraction of sp³-hybridized carbons (Fsp3) is 0.750. The van der Waals surface area contributed by atoms with E-state index in [9.17, 15) is 8.78 Å². The van der Waals surface area contributed by atoms with E-state index in [1.807, 2.05) is 0 Å². The Kier molecular flexibility index (Phi) is 10.2. The van der Waals surface area contributed by atoms with Crippen molar-refractivity contribution in [3.8, 4) is 0 Å². The van der Waals surface area contributed by atoms with E-state index in [-0.39, 0.29) is 30.5 Å². The van der Waals surface area contributed by atoms with Crippen molar-refractivity contribution >= 4 is 29.9 Å². The number of aliphatic imine (C=N–C) groups is 1. The lowest BCUT2D eigenvalue weighted by Gasteiger charge is -2.21. The van der Waals surface area contributed by atoms with Gasteiger partial charge in [-0.1, -0.05) is 32.1 Å². The molecule has 1 aliphatic rings. The van der Waals surface area contributed by atoms with Crippen LogP contribution >= 0.6 is 24.0 Å². The first-order valence-electron chi connectivity index (χ1n) is 8.45. The second kappa shape index (κ2) is 11.6. The number of hydrogen-bond acceptors (Lipinski definition) is 2. The van der Waals surface area contributed by atoms with Crippen LogP contribution in [0.25, 0.3) is 0 Å². The third-order valence-corrected chi connectivity index (χ3v) is 4.40. The molecular weight excluding hydrogens is 427 g/mol. The zero-order valence-electron chi connectivity index (χ0n) is 14.2. The van der Waals surface area contributed by atoms with Crippen molar-refractivity contribution in [1.29, 1.82) is 0 Å². The molecule has 0 unspecified atom stereocenters. The molecule has 1 fully saturated rings. The Bertz CT molecular complexity index is 487. The van der Waals surface area contributed by atoms with Crippen molar-refractivity contribution in [3.05, 3.63) is 18.2 Å². The van der Waals surface area contributed by atoms with E-state index >= 15 is 0 Å². The Morgan fingerprint density at radius 2 is 2.08 bits per heavy atom. The zero-order chi connectivity index (χ0) is 16.5. The van der Waals surface area contributed by atoms with Crippen LogP contribution in [0.5, 0.6) is 0 Å². The number of imidazole rings is 1. The average molecular weight is 455 g/mol. The van der Waals surface area contributed by atoms with Crippen molar-refractivity contribution in [3.63, 3.8) is 0 Å². The Labute approximate surface area is 159 Å². The Hall–Kier alpha value is -0.930. The highest BCUT2D eigenvalue weighted by molar-refractivity contribution is 14.0. The fourth-order valence-corrected chi connectivity index (χ4v) is 3.12. The van der Waals surface area contributed by atoms with Gasteiger partial charge in [0.2, 0.25) is 0 Å². The Balaban J connectivity index is 0.00000288. The number of halogens is 3. The number of rotatable bonds is 7. The molecule has 0 amide bonds. The van der Waals surface area contributed by atoms with E-state index in [0.29, 0.717) is 11.8 Å². The monoisotopic (exact) mass is 455 g/mol. The predicted molar refractivity (Wildman–Crippen MR) is 103 cm³/mol. The summed E-state index contributed by atoms with van der Waals surface area (Å²) in [4.78, 5) is 8.06. The smallest absolute Gasteiger partial charge is 0.319 e. The van der Waals surface area contributed by atoms with Gasteiger partial charge < -0.3 is 10.6 Å². The maximum atomic E-state index is 12.7. The van der Waals surface area contributed by atoms with Crippen LogP contribution in [0.1, 0.15) is 57.3 Å². The minimum atomic E-state index is -2.57.